The summed E-state index contributed by atoms with van der Waals surface area (Å²) >= 11 is 0. The maximum absolute atomic E-state index is 9.19. The van der Waals surface area contributed by atoms with Crippen LogP contribution in [-0.4, -0.2) is 29.8 Å². The van der Waals surface area contributed by atoms with Crippen molar-refractivity contribution in [3.8, 4) is 6.07 Å². The Morgan fingerprint density at radius 1 is 1.42 bits per heavy atom. The quantitative estimate of drug-likeness (QED) is 0.803. The zero-order valence-electron chi connectivity index (χ0n) is 11.5. The van der Waals surface area contributed by atoms with Gasteiger partial charge < -0.3 is 10.6 Å². The van der Waals surface area contributed by atoms with Gasteiger partial charge in [0.25, 0.3) is 0 Å². The van der Waals surface area contributed by atoms with Crippen LogP contribution in [0, 0.1) is 25.2 Å². The largest absolute Gasteiger partial charge is 0.367 e. The van der Waals surface area contributed by atoms with Crippen LogP contribution in [0.25, 0.3) is 0 Å². The van der Waals surface area contributed by atoms with Crippen molar-refractivity contribution in [3.63, 3.8) is 0 Å². The summed E-state index contributed by atoms with van der Waals surface area (Å²) in [7, 11) is 0. The number of hydrogen-bond donors (Lipinski definition) is 2. The van der Waals surface area contributed by atoms with E-state index in [1.807, 2.05) is 13.8 Å². The molecule has 5 nitrogen and oxygen atoms in total. The van der Waals surface area contributed by atoms with E-state index in [0.29, 0.717) is 11.4 Å². The normalized spacial score (nSPS) is 14.7. The number of anilines is 1. The predicted octanol–water partition coefficient (Wildman–Crippen LogP) is 1.69. The van der Waals surface area contributed by atoms with Crippen LogP contribution in [0.1, 0.15) is 29.7 Å². The van der Waals surface area contributed by atoms with Gasteiger partial charge in [0.05, 0.1) is 5.69 Å². The summed E-state index contributed by atoms with van der Waals surface area (Å²) in [5.41, 5.74) is 3.78. The van der Waals surface area contributed by atoms with Gasteiger partial charge in [-0.25, -0.2) is 0 Å². The Kier molecular flexibility index (Phi) is 4.48. The number of aryl methyl sites for hydroxylation is 1. The fourth-order valence-electron chi connectivity index (χ4n) is 2.11. The molecule has 100 valence electrons. The predicted molar refractivity (Wildman–Crippen MR) is 74.9 cm³/mol. The molecule has 0 aromatic carbocycles. The molecule has 2 N–H and O–H groups in total. The number of aromatic nitrogens is 2. The van der Waals surface area contributed by atoms with Crippen LogP contribution in [0.4, 0.5) is 5.82 Å². The zero-order valence-corrected chi connectivity index (χ0v) is 11.5. The lowest BCUT2D eigenvalue weighted by Crippen LogP contribution is -2.21. The summed E-state index contributed by atoms with van der Waals surface area (Å²) < 4.78 is 0. The van der Waals surface area contributed by atoms with Crippen LogP contribution < -0.4 is 10.6 Å². The molecule has 0 spiro atoms. The molecular weight excluding hydrogens is 238 g/mol. The summed E-state index contributed by atoms with van der Waals surface area (Å²) in [5, 5.41) is 23.9. The molecule has 1 aliphatic rings. The van der Waals surface area contributed by atoms with E-state index in [1.165, 1.54) is 5.57 Å². The Morgan fingerprint density at radius 2 is 2.26 bits per heavy atom. The van der Waals surface area contributed by atoms with E-state index in [-0.39, 0.29) is 0 Å². The van der Waals surface area contributed by atoms with E-state index in [2.05, 4.69) is 33.0 Å². The molecule has 2 rings (SSSR count). The molecule has 0 amide bonds. The Morgan fingerprint density at radius 3 is 2.95 bits per heavy atom. The van der Waals surface area contributed by atoms with Gasteiger partial charge >= 0.3 is 0 Å². The fraction of sp³-hybridized carbons (Fsp3) is 0.500. The molecule has 19 heavy (non-hydrogen) atoms. The minimum atomic E-state index is 0.597. The molecule has 1 aliphatic heterocycles. The van der Waals surface area contributed by atoms with Crippen molar-refractivity contribution in [3.05, 3.63) is 28.5 Å². The maximum Gasteiger partial charge on any atom is 0.166 e. The third-order valence-corrected chi connectivity index (χ3v) is 3.46. The average molecular weight is 257 g/mol. The first-order chi connectivity index (χ1) is 9.22. The third-order valence-electron chi connectivity index (χ3n) is 3.46. The molecule has 1 aromatic rings. The average Bonchev–Trinajstić information content (AvgIpc) is 2.44. The van der Waals surface area contributed by atoms with Crippen LogP contribution in [-0.2, 0) is 0 Å². The number of hydrogen-bond acceptors (Lipinski definition) is 5. The maximum atomic E-state index is 9.19. The molecule has 2 heterocycles. The molecule has 0 radical (unpaired) electrons. The fourth-order valence-corrected chi connectivity index (χ4v) is 2.11. The van der Waals surface area contributed by atoms with Gasteiger partial charge in [-0.05, 0) is 38.8 Å². The molecule has 0 aliphatic carbocycles. The second-order valence-corrected chi connectivity index (χ2v) is 4.74. The Labute approximate surface area is 113 Å². The van der Waals surface area contributed by atoms with Crippen molar-refractivity contribution in [2.24, 2.45) is 0 Å². The van der Waals surface area contributed by atoms with Crippen molar-refractivity contribution >= 4 is 5.82 Å². The molecule has 0 saturated heterocycles. The minimum absolute atomic E-state index is 0.597. The Hall–Kier alpha value is -1.93. The number of rotatable bonds is 4. The summed E-state index contributed by atoms with van der Waals surface area (Å²) in [5.74, 6) is 0.597. The van der Waals surface area contributed by atoms with Crippen molar-refractivity contribution in [1.29, 1.82) is 5.26 Å². The summed E-state index contributed by atoms with van der Waals surface area (Å²) in [6.45, 7) is 6.58. The first-order valence-corrected chi connectivity index (χ1v) is 6.59. The van der Waals surface area contributed by atoms with E-state index >= 15 is 0 Å². The van der Waals surface area contributed by atoms with Crippen molar-refractivity contribution in [2.45, 2.75) is 26.7 Å². The number of nitrogens with zero attached hydrogens (tertiary/aromatic N) is 3. The lowest BCUT2D eigenvalue weighted by molar-refractivity contribution is 0.683. The van der Waals surface area contributed by atoms with Crippen LogP contribution in [0.15, 0.2) is 11.6 Å². The molecule has 0 fully saturated rings. The monoisotopic (exact) mass is 257 g/mol. The highest BCUT2D eigenvalue weighted by Gasteiger charge is 2.10. The summed E-state index contributed by atoms with van der Waals surface area (Å²) in [6, 6.07) is 2.20. The van der Waals surface area contributed by atoms with Crippen LogP contribution in [0.3, 0.4) is 0 Å². The molecular formula is C14H19N5. The molecule has 0 unspecified atom stereocenters. The van der Waals surface area contributed by atoms with Gasteiger partial charge in [-0.3, -0.25) is 0 Å². The minimum Gasteiger partial charge on any atom is -0.367 e. The second kappa shape index (κ2) is 6.30. The second-order valence-electron chi connectivity index (χ2n) is 4.74. The highest BCUT2D eigenvalue weighted by Crippen LogP contribution is 2.17. The van der Waals surface area contributed by atoms with Crippen LogP contribution in [0.5, 0.6) is 0 Å². The highest BCUT2D eigenvalue weighted by atomic mass is 15.2. The van der Waals surface area contributed by atoms with Gasteiger partial charge in [0.15, 0.2) is 5.82 Å². The topological polar surface area (TPSA) is 73.6 Å². The van der Waals surface area contributed by atoms with E-state index < -0.39 is 0 Å². The standard InChI is InChI=1S/C14H19N5/c1-10-11(2)18-19-14(13(10)9-15)17-8-5-12-3-6-16-7-4-12/h3,16H,4-8H2,1-2H3,(H,17,19). The molecule has 0 saturated carbocycles. The van der Waals surface area contributed by atoms with Gasteiger partial charge in [0.2, 0.25) is 0 Å². The summed E-state index contributed by atoms with van der Waals surface area (Å²) in [6.07, 6.45) is 4.33. The smallest absolute Gasteiger partial charge is 0.166 e. The Balaban J connectivity index is 1.98. The number of nitriles is 1. The van der Waals surface area contributed by atoms with Crippen LogP contribution >= 0.6 is 0 Å². The lowest BCUT2D eigenvalue weighted by Gasteiger charge is -2.15. The molecule has 0 bridgehead atoms. The molecule has 1 aromatic heterocycles. The van der Waals surface area contributed by atoms with Gasteiger partial charge in [-0.2, -0.15) is 10.4 Å². The van der Waals surface area contributed by atoms with E-state index in [9.17, 15) is 5.26 Å². The first-order valence-electron chi connectivity index (χ1n) is 6.59. The number of nitrogens with one attached hydrogen (secondary N) is 2. The van der Waals surface area contributed by atoms with Crippen LogP contribution in [0.2, 0.25) is 0 Å². The van der Waals surface area contributed by atoms with Gasteiger partial charge in [0, 0.05) is 13.1 Å². The molecule has 0 atom stereocenters. The lowest BCUT2D eigenvalue weighted by atomic mass is 10.1. The first kappa shape index (κ1) is 13.5. The van der Waals surface area contributed by atoms with Crippen molar-refractivity contribution in [1.82, 2.24) is 15.5 Å². The van der Waals surface area contributed by atoms with Crippen molar-refractivity contribution < 1.29 is 0 Å². The molecule has 5 heteroatoms. The van der Waals surface area contributed by atoms with Crippen molar-refractivity contribution in [2.75, 3.05) is 25.0 Å². The zero-order chi connectivity index (χ0) is 13.7. The SMILES string of the molecule is Cc1nnc(NCCC2=CCNCC2)c(C#N)c1C. The van der Waals surface area contributed by atoms with Gasteiger partial charge in [-0.1, -0.05) is 11.6 Å². The van der Waals surface area contributed by atoms with E-state index in [0.717, 1.165) is 43.7 Å². The van der Waals surface area contributed by atoms with E-state index in [1.54, 1.807) is 0 Å². The van der Waals surface area contributed by atoms with E-state index in [4.69, 9.17) is 0 Å². The summed E-state index contributed by atoms with van der Waals surface area (Å²) in [4.78, 5) is 0. The van der Waals surface area contributed by atoms with Gasteiger partial charge in [-0.15, -0.1) is 5.10 Å². The third kappa shape index (κ3) is 3.30. The highest BCUT2D eigenvalue weighted by molar-refractivity contribution is 5.55. The Bertz CT molecular complexity index is 527. The van der Waals surface area contributed by atoms with Gasteiger partial charge in [0.1, 0.15) is 11.6 Å².